The lowest BCUT2D eigenvalue weighted by atomic mass is 9.84. The van der Waals surface area contributed by atoms with Gasteiger partial charge in [-0.05, 0) is 65.8 Å². The number of carbonyl (C=O) groups is 2. The molecular formula is C28H37Cl2O3P. The Hall–Kier alpha value is -1.41. The molecule has 0 bridgehead atoms. The topological polar surface area (TPSA) is 51.2 Å². The van der Waals surface area contributed by atoms with Gasteiger partial charge in [-0.3, -0.25) is 9.59 Å². The maximum Gasteiger partial charge on any atom is 0.231 e. The van der Waals surface area contributed by atoms with E-state index in [1.165, 1.54) is 12.1 Å². The molecule has 0 aliphatic heterocycles. The Morgan fingerprint density at radius 3 is 1.74 bits per heavy atom. The van der Waals surface area contributed by atoms with E-state index in [-0.39, 0.29) is 38.5 Å². The van der Waals surface area contributed by atoms with Gasteiger partial charge in [0, 0.05) is 11.7 Å². The van der Waals surface area contributed by atoms with Crippen LogP contribution < -0.4 is 0 Å². The number of hydrogen-bond acceptors (Lipinski definition) is 3. The van der Waals surface area contributed by atoms with Gasteiger partial charge in [-0.2, -0.15) is 0 Å². The second-order valence-corrected chi connectivity index (χ2v) is 15.2. The highest BCUT2D eigenvalue weighted by molar-refractivity contribution is 7.95. The van der Waals surface area contributed by atoms with Crippen LogP contribution in [0.5, 0.6) is 0 Å². The van der Waals surface area contributed by atoms with Crippen molar-refractivity contribution in [2.24, 2.45) is 11.3 Å². The molecule has 0 fully saturated rings. The summed E-state index contributed by atoms with van der Waals surface area (Å²) in [7, 11) is -4.10. The zero-order valence-electron chi connectivity index (χ0n) is 21.8. The van der Waals surface area contributed by atoms with Crippen molar-refractivity contribution in [3.8, 4) is 0 Å². The molecule has 0 saturated carbocycles. The van der Waals surface area contributed by atoms with Crippen molar-refractivity contribution in [1.29, 1.82) is 0 Å². The molecule has 2 unspecified atom stereocenters. The summed E-state index contributed by atoms with van der Waals surface area (Å²) in [5, 5.41) is 0.205. The highest BCUT2D eigenvalue weighted by atomic mass is 35.5. The lowest BCUT2D eigenvalue weighted by Crippen LogP contribution is -2.22. The summed E-state index contributed by atoms with van der Waals surface area (Å²) in [6.45, 7) is 18.2. The second-order valence-electron chi connectivity index (χ2n) is 11.7. The SMILES string of the molecule is Cc1cc(C(C)(C)C)cc(C)c1C(=O)P(=O)(CC(C)CC(C)(C)C)C(=O)c1c(Cl)cccc1Cl. The molecule has 0 aliphatic carbocycles. The summed E-state index contributed by atoms with van der Waals surface area (Å²) in [4.78, 5) is 27.9. The molecule has 186 valence electrons. The minimum Gasteiger partial charge on any atom is -0.307 e. The van der Waals surface area contributed by atoms with Crippen LogP contribution in [0.4, 0.5) is 0 Å². The largest absolute Gasteiger partial charge is 0.307 e. The maximum absolute atomic E-state index is 14.6. The van der Waals surface area contributed by atoms with Crippen LogP contribution in [0.15, 0.2) is 30.3 Å². The van der Waals surface area contributed by atoms with Gasteiger partial charge in [-0.1, -0.05) is 89.9 Å². The number of aryl methyl sites for hydroxylation is 2. The molecule has 3 nitrogen and oxygen atoms in total. The van der Waals surface area contributed by atoms with Crippen LogP contribution in [0.1, 0.15) is 92.3 Å². The predicted molar refractivity (Wildman–Crippen MR) is 145 cm³/mol. The third-order valence-electron chi connectivity index (χ3n) is 5.97. The number of hydrogen-bond donors (Lipinski definition) is 0. The van der Waals surface area contributed by atoms with Crippen molar-refractivity contribution in [3.63, 3.8) is 0 Å². The molecule has 0 aromatic heterocycles. The van der Waals surface area contributed by atoms with Crippen molar-refractivity contribution < 1.29 is 14.2 Å². The van der Waals surface area contributed by atoms with Crippen LogP contribution in [0.25, 0.3) is 0 Å². The molecule has 0 amide bonds. The van der Waals surface area contributed by atoms with E-state index >= 15 is 0 Å². The number of benzene rings is 2. The Kier molecular flexibility index (Phi) is 8.73. The highest BCUT2D eigenvalue weighted by Crippen LogP contribution is 2.56. The van der Waals surface area contributed by atoms with Gasteiger partial charge in [0.25, 0.3) is 0 Å². The van der Waals surface area contributed by atoms with Crippen LogP contribution in [-0.4, -0.2) is 17.2 Å². The Morgan fingerprint density at radius 1 is 0.882 bits per heavy atom. The minimum absolute atomic E-state index is 0.0244. The van der Waals surface area contributed by atoms with Crippen LogP contribution in [0.3, 0.4) is 0 Å². The zero-order chi connectivity index (χ0) is 26.2. The normalized spacial score (nSPS) is 15.0. The van der Waals surface area contributed by atoms with Gasteiger partial charge >= 0.3 is 0 Å². The third kappa shape index (κ3) is 6.42. The molecule has 2 atom stereocenters. The Bertz CT molecular complexity index is 1110. The van der Waals surface area contributed by atoms with E-state index in [0.717, 1.165) is 16.7 Å². The fourth-order valence-electron chi connectivity index (χ4n) is 4.60. The minimum atomic E-state index is -4.10. The molecule has 34 heavy (non-hydrogen) atoms. The van der Waals surface area contributed by atoms with Crippen molar-refractivity contribution in [3.05, 3.63) is 68.2 Å². The average Bonchev–Trinajstić information content (AvgIpc) is 2.64. The summed E-state index contributed by atoms with van der Waals surface area (Å²) >= 11 is 12.6. The van der Waals surface area contributed by atoms with Gasteiger partial charge in [-0.25, -0.2) is 0 Å². The smallest absolute Gasteiger partial charge is 0.231 e. The first-order valence-corrected chi connectivity index (χ1v) is 14.3. The Balaban J connectivity index is 2.71. The molecule has 0 N–H and O–H groups in total. The Morgan fingerprint density at radius 2 is 1.32 bits per heavy atom. The number of rotatable bonds is 7. The summed E-state index contributed by atoms with van der Waals surface area (Å²) in [5.41, 5.74) is 1.32. The molecule has 0 radical (unpaired) electrons. The van der Waals surface area contributed by atoms with Crippen LogP contribution in [-0.2, 0) is 9.98 Å². The van der Waals surface area contributed by atoms with Crippen LogP contribution in [0, 0.1) is 25.2 Å². The second kappa shape index (κ2) is 10.3. The van der Waals surface area contributed by atoms with Crippen LogP contribution in [0.2, 0.25) is 10.0 Å². The van der Waals surface area contributed by atoms with E-state index in [9.17, 15) is 14.2 Å². The van der Waals surface area contributed by atoms with Gasteiger partial charge in [0.15, 0.2) is 0 Å². The Labute approximate surface area is 215 Å². The van der Waals surface area contributed by atoms with Crippen molar-refractivity contribution in [2.75, 3.05) is 6.16 Å². The van der Waals surface area contributed by atoms with E-state index in [0.29, 0.717) is 12.0 Å². The molecular weight excluding hydrogens is 486 g/mol. The quantitative estimate of drug-likeness (QED) is 0.340. The van der Waals surface area contributed by atoms with Crippen molar-refractivity contribution >= 4 is 41.4 Å². The molecule has 2 rings (SSSR count). The fourth-order valence-corrected chi connectivity index (χ4v) is 8.14. The van der Waals surface area contributed by atoms with E-state index in [1.807, 2.05) is 32.9 Å². The molecule has 0 heterocycles. The van der Waals surface area contributed by atoms with Gasteiger partial charge in [0.1, 0.15) is 0 Å². The average molecular weight is 523 g/mol. The predicted octanol–water partition coefficient (Wildman–Crippen LogP) is 9.32. The standard InChI is InChI=1S/C28H37Cl2O3P/c1-17(15-27(4,5)6)16-34(33,26(32)24-21(29)11-10-12-22(24)30)25(31)23-18(2)13-20(14-19(23)3)28(7,8)9/h10-14,17H,15-16H2,1-9H3. The van der Waals surface area contributed by atoms with Gasteiger partial charge in [0.2, 0.25) is 18.2 Å². The van der Waals surface area contributed by atoms with Crippen molar-refractivity contribution in [2.45, 2.75) is 74.1 Å². The fraction of sp³-hybridized carbons (Fsp3) is 0.500. The highest BCUT2D eigenvalue weighted by Gasteiger charge is 2.44. The first kappa shape index (κ1) is 28.8. The first-order valence-electron chi connectivity index (χ1n) is 11.6. The lowest BCUT2D eigenvalue weighted by molar-refractivity contribution is 0.103. The molecule has 2 aromatic carbocycles. The summed E-state index contributed by atoms with van der Waals surface area (Å²) in [5.74, 6) is -0.116. The molecule has 2 aromatic rings. The maximum atomic E-state index is 14.6. The number of halogens is 2. The lowest BCUT2D eigenvalue weighted by Gasteiger charge is -2.27. The summed E-state index contributed by atoms with van der Waals surface area (Å²) in [6, 6.07) is 8.59. The third-order valence-corrected chi connectivity index (χ3v) is 9.50. The van der Waals surface area contributed by atoms with Gasteiger partial charge in [-0.15, -0.1) is 0 Å². The molecule has 0 saturated heterocycles. The monoisotopic (exact) mass is 522 g/mol. The van der Waals surface area contributed by atoms with E-state index in [1.54, 1.807) is 6.07 Å². The van der Waals surface area contributed by atoms with E-state index in [4.69, 9.17) is 23.2 Å². The molecule has 6 heteroatoms. The zero-order valence-corrected chi connectivity index (χ0v) is 24.2. The molecule has 0 spiro atoms. The van der Waals surface area contributed by atoms with Crippen LogP contribution >= 0.6 is 30.3 Å². The van der Waals surface area contributed by atoms with E-state index in [2.05, 4.69) is 41.5 Å². The summed E-state index contributed by atoms with van der Waals surface area (Å²) in [6.07, 6.45) is 0.693. The first-order chi connectivity index (χ1) is 15.4. The van der Waals surface area contributed by atoms with Crippen molar-refractivity contribution in [1.82, 2.24) is 0 Å². The van der Waals surface area contributed by atoms with Gasteiger partial charge < -0.3 is 4.57 Å². The number of carbonyl (C=O) groups excluding carboxylic acids is 2. The molecule has 0 aliphatic rings. The van der Waals surface area contributed by atoms with E-state index < -0.39 is 18.2 Å². The van der Waals surface area contributed by atoms with Gasteiger partial charge in [0.05, 0.1) is 15.6 Å². The summed E-state index contributed by atoms with van der Waals surface area (Å²) < 4.78 is 14.6.